The van der Waals surface area contributed by atoms with E-state index in [1.165, 1.54) is 0 Å². The molecule has 0 spiro atoms. The highest BCUT2D eigenvalue weighted by Crippen LogP contribution is 2.27. The maximum Gasteiger partial charge on any atom is 0.363 e. The molecule has 6 heteroatoms. The van der Waals surface area contributed by atoms with Gasteiger partial charge in [-0.3, -0.25) is 0 Å². The van der Waals surface area contributed by atoms with Gasteiger partial charge >= 0.3 is 5.97 Å². The highest BCUT2D eigenvalue weighted by Gasteiger charge is 2.24. The lowest BCUT2D eigenvalue weighted by atomic mass is 10.1. The fourth-order valence-corrected chi connectivity index (χ4v) is 3.03. The van der Waals surface area contributed by atoms with Gasteiger partial charge in [0, 0.05) is 11.1 Å². The zero-order valence-corrected chi connectivity index (χ0v) is 17.0. The molecule has 0 aliphatic carbocycles. The summed E-state index contributed by atoms with van der Waals surface area (Å²) < 4.78 is 22.2. The van der Waals surface area contributed by atoms with Crippen molar-refractivity contribution in [3.05, 3.63) is 95.7 Å². The summed E-state index contributed by atoms with van der Waals surface area (Å²) in [4.78, 5) is 16.6. The third kappa shape index (κ3) is 4.93. The van der Waals surface area contributed by atoms with Gasteiger partial charge in [-0.15, -0.1) is 0 Å². The number of esters is 1. The van der Waals surface area contributed by atoms with E-state index in [-0.39, 0.29) is 5.70 Å². The van der Waals surface area contributed by atoms with Gasteiger partial charge in [-0.25, -0.2) is 9.79 Å². The second kappa shape index (κ2) is 9.63. The quantitative estimate of drug-likeness (QED) is 0.308. The lowest BCUT2D eigenvalue weighted by Gasteiger charge is -2.12. The van der Waals surface area contributed by atoms with E-state index in [0.717, 1.165) is 11.1 Å². The molecule has 3 aromatic carbocycles. The average molecular weight is 415 g/mol. The van der Waals surface area contributed by atoms with E-state index in [1.54, 1.807) is 13.2 Å². The van der Waals surface area contributed by atoms with Gasteiger partial charge in [0.1, 0.15) is 19.0 Å². The zero-order valence-electron chi connectivity index (χ0n) is 17.0. The Morgan fingerprint density at radius 1 is 0.806 bits per heavy atom. The van der Waals surface area contributed by atoms with Crippen molar-refractivity contribution in [1.82, 2.24) is 0 Å². The fraction of sp³-hybridized carbons (Fsp3) is 0.120. The Hall–Kier alpha value is -4.06. The number of carbonyl (C=O) groups is 1. The number of benzene rings is 3. The van der Waals surface area contributed by atoms with Crippen LogP contribution in [-0.4, -0.2) is 32.2 Å². The molecule has 3 aromatic rings. The maximum atomic E-state index is 12.3. The van der Waals surface area contributed by atoms with Gasteiger partial charge in [-0.2, -0.15) is 0 Å². The van der Waals surface area contributed by atoms with Crippen LogP contribution in [0.5, 0.6) is 17.2 Å². The number of hydrogen-bond acceptors (Lipinski definition) is 6. The van der Waals surface area contributed by atoms with E-state index in [9.17, 15) is 4.79 Å². The number of carbonyl (C=O) groups excluding carboxylic acids is 1. The predicted octanol–water partition coefficient (Wildman–Crippen LogP) is 4.50. The summed E-state index contributed by atoms with van der Waals surface area (Å²) in [5.74, 6) is 1.74. The van der Waals surface area contributed by atoms with Crippen molar-refractivity contribution in [3.8, 4) is 17.2 Å². The molecule has 0 N–H and O–H groups in total. The van der Waals surface area contributed by atoms with Gasteiger partial charge in [0.25, 0.3) is 0 Å². The minimum Gasteiger partial charge on any atom is -0.493 e. The topological polar surface area (TPSA) is 66.3 Å². The van der Waals surface area contributed by atoms with Crippen LogP contribution in [0.15, 0.2) is 89.6 Å². The molecule has 0 amide bonds. The van der Waals surface area contributed by atoms with E-state index in [0.29, 0.717) is 36.4 Å². The zero-order chi connectivity index (χ0) is 21.5. The molecule has 4 rings (SSSR count). The summed E-state index contributed by atoms with van der Waals surface area (Å²) in [5.41, 5.74) is 1.70. The molecule has 156 valence electrons. The van der Waals surface area contributed by atoms with Gasteiger partial charge in [-0.05, 0) is 36.4 Å². The number of para-hydroxylation sites is 3. The Labute approximate surface area is 180 Å². The minimum absolute atomic E-state index is 0.222. The molecule has 0 unspecified atom stereocenters. The molecule has 0 saturated heterocycles. The van der Waals surface area contributed by atoms with Crippen LogP contribution in [0.2, 0.25) is 0 Å². The Morgan fingerprint density at radius 3 is 2.16 bits per heavy atom. The summed E-state index contributed by atoms with van der Waals surface area (Å²) >= 11 is 0. The van der Waals surface area contributed by atoms with Crippen molar-refractivity contribution < 1.29 is 23.7 Å². The lowest BCUT2D eigenvalue weighted by molar-refractivity contribution is -0.129. The first-order valence-corrected chi connectivity index (χ1v) is 9.80. The number of cyclic esters (lactones) is 1. The Morgan fingerprint density at radius 2 is 1.42 bits per heavy atom. The standard InChI is InChI=1S/C25H21NO5/c1-28-22-13-7-8-14-23(22)30-16-15-29-21-12-6-5-11-19(21)17-20-25(27)31-24(26-20)18-9-3-2-4-10-18/h2-14,17H,15-16H2,1H3/b20-17-. The number of rotatable bonds is 8. The van der Waals surface area contributed by atoms with Crippen LogP contribution < -0.4 is 14.2 Å². The molecule has 31 heavy (non-hydrogen) atoms. The monoisotopic (exact) mass is 415 g/mol. The van der Waals surface area contributed by atoms with Crippen molar-refractivity contribution in [3.63, 3.8) is 0 Å². The fourth-order valence-electron chi connectivity index (χ4n) is 3.03. The van der Waals surface area contributed by atoms with Gasteiger partial charge < -0.3 is 18.9 Å². The van der Waals surface area contributed by atoms with Crippen LogP contribution in [0, 0.1) is 0 Å². The molecular weight excluding hydrogens is 394 g/mol. The van der Waals surface area contributed by atoms with Crippen molar-refractivity contribution in [2.24, 2.45) is 4.99 Å². The van der Waals surface area contributed by atoms with E-state index in [4.69, 9.17) is 18.9 Å². The minimum atomic E-state index is -0.492. The Balaban J connectivity index is 1.44. The third-order valence-corrected chi connectivity index (χ3v) is 4.52. The molecule has 1 heterocycles. The van der Waals surface area contributed by atoms with Crippen molar-refractivity contribution >= 4 is 17.9 Å². The first-order chi connectivity index (χ1) is 15.2. The maximum absolute atomic E-state index is 12.3. The lowest BCUT2D eigenvalue weighted by Crippen LogP contribution is -2.10. The highest BCUT2D eigenvalue weighted by atomic mass is 16.6. The summed E-state index contributed by atoms with van der Waals surface area (Å²) in [6.07, 6.45) is 1.66. The third-order valence-electron chi connectivity index (χ3n) is 4.52. The summed E-state index contributed by atoms with van der Waals surface area (Å²) in [6.45, 7) is 0.658. The molecule has 0 saturated carbocycles. The number of methoxy groups -OCH3 is 1. The van der Waals surface area contributed by atoms with Gasteiger partial charge in [0.15, 0.2) is 17.2 Å². The second-order valence-corrected chi connectivity index (χ2v) is 6.59. The first-order valence-electron chi connectivity index (χ1n) is 9.80. The molecule has 1 aliphatic rings. The highest BCUT2D eigenvalue weighted by molar-refractivity contribution is 6.12. The summed E-state index contributed by atoms with van der Waals surface area (Å²) in [7, 11) is 1.60. The smallest absolute Gasteiger partial charge is 0.363 e. The predicted molar refractivity (Wildman–Crippen MR) is 117 cm³/mol. The van der Waals surface area contributed by atoms with Crippen LogP contribution in [0.4, 0.5) is 0 Å². The first kappa shape index (κ1) is 20.2. The summed E-state index contributed by atoms with van der Waals surface area (Å²) in [6, 6.07) is 24.2. The van der Waals surface area contributed by atoms with E-state index in [1.807, 2.05) is 78.9 Å². The van der Waals surface area contributed by atoms with Crippen LogP contribution in [0.25, 0.3) is 6.08 Å². The van der Waals surface area contributed by atoms with Crippen LogP contribution >= 0.6 is 0 Å². The molecule has 0 atom stereocenters. The van der Waals surface area contributed by atoms with Gasteiger partial charge in [0.2, 0.25) is 5.90 Å². The molecule has 0 bridgehead atoms. The van der Waals surface area contributed by atoms with E-state index < -0.39 is 5.97 Å². The molecule has 0 fully saturated rings. The molecule has 6 nitrogen and oxygen atoms in total. The van der Waals surface area contributed by atoms with Gasteiger partial charge in [0.05, 0.1) is 7.11 Å². The van der Waals surface area contributed by atoms with Crippen molar-refractivity contribution in [2.75, 3.05) is 20.3 Å². The van der Waals surface area contributed by atoms with E-state index >= 15 is 0 Å². The molecule has 1 aliphatic heterocycles. The molecular formula is C25H21NO5. The van der Waals surface area contributed by atoms with Gasteiger partial charge in [-0.1, -0.05) is 48.5 Å². The number of ether oxygens (including phenoxy) is 4. The molecule has 0 aromatic heterocycles. The largest absolute Gasteiger partial charge is 0.493 e. The van der Waals surface area contributed by atoms with Crippen LogP contribution in [-0.2, 0) is 9.53 Å². The normalized spacial score (nSPS) is 14.2. The number of nitrogens with zero attached hydrogens (tertiary/aromatic N) is 1. The van der Waals surface area contributed by atoms with Crippen LogP contribution in [0.1, 0.15) is 11.1 Å². The second-order valence-electron chi connectivity index (χ2n) is 6.59. The van der Waals surface area contributed by atoms with Crippen molar-refractivity contribution in [1.29, 1.82) is 0 Å². The van der Waals surface area contributed by atoms with E-state index in [2.05, 4.69) is 4.99 Å². The number of hydrogen-bond donors (Lipinski definition) is 0. The number of aliphatic imine (C=N–C) groups is 1. The van der Waals surface area contributed by atoms with Crippen molar-refractivity contribution in [2.45, 2.75) is 0 Å². The Bertz CT molecular complexity index is 1120. The summed E-state index contributed by atoms with van der Waals surface area (Å²) in [5, 5.41) is 0. The SMILES string of the molecule is COc1ccccc1OCCOc1ccccc1/C=C1\N=C(c2ccccc2)OC1=O. The Kier molecular flexibility index (Phi) is 6.28. The molecule has 0 radical (unpaired) electrons. The van der Waals surface area contributed by atoms with Crippen LogP contribution in [0.3, 0.4) is 0 Å². The average Bonchev–Trinajstić information content (AvgIpc) is 3.18.